The molecule has 0 unspecified atom stereocenters. The van der Waals surface area contributed by atoms with Crippen LogP contribution in [0.5, 0.6) is 0 Å². The van der Waals surface area contributed by atoms with Crippen molar-refractivity contribution < 1.29 is 0 Å². The summed E-state index contributed by atoms with van der Waals surface area (Å²) in [6, 6.07) is 10.5. The van der Waals surface area contributed by atoms with Crippen LogP contribution in [0, 0.1) is 0 Å². The molecule has 2 rings (SSSR count). The molecule has 0 atom stereocenters. The van der Waals surface area contributed by atoms with Crippen LogP contribution in [0.3, 0.4) is 0 Å². The minimum atomic E-state index is 0.905. The van der Waals surface area contributed by atoms with Gasteiger partial charge in [0.2, 0.25) is 0 Å². The Morgan fingerprint density at radius 3 is 2.88 bits per heavy atom. The highest BCUT2D eigenvalue weighted by Crippen LogP contribution is 2.23. The monoisotopic (exact) mass is 246 g/mol. The number of para-hydroxylation sites is 1. The third-order valence-corrected chi connectivity index (χ3v) is 3.44. The number of hydrogen-bond acceptors (Lipinski definition) is 3. The molecule has 3 heteroatoms. The first-order chi connectivity index (χ1) is 8.35. The number of pyridine rings is 1. The number of aromatic nitrogens is 1. The number of fused-ring (bicyclic) bond motifs is 1. The lowest BCUT2D eigenvalue weighted by Gasteiger charge is -2.09. The van der Waals surface area contributed by atoms with Crippen LogP contribution in [0.25, 0.3) is 10.9 Å². The van der Waals surface area contributed by atoms with E-state index in [1.54, 1.807) is 11.8 Å². The van der Waals surface area contributed by atoms with Gasteiger partial charge in [0, 0.05) is 11.9 Å². The molecule has 0 bridgehead atoms. The van der Waals surface area contributed by atoms with Crippen LogP contribution in [0.1, 0.15) is 18.9 Å². The summed E-state index contributed by atoms with van der Waals surface area (Å²) >= 11 is 1.72. The van der Waals surface area contributed by atoms with Gasteiger partial charge >= 0.3 is 0 Å². The third kappa shape index (κ3) is 2.99. The van der Waals surface area contributed by atoms with E-state index in [9.17, 15) is 0 Å². The minimum Gasteiger partial charge on any atom is -0.313 e. The van der Waals surface area contributed by atoms with E-state index in [-0.39, 0.29) is 0 Å². The molecule has 0 radical (unpaired) electrons. The first-order valence-corrected chi connectivity index (χ1v) is 7.21. The van der Waals surface area contributed by atoms with Crippen molar-refractivity contribution in [3.05, 3.63) is 35.9 Å². The standard InChI is InChI=1S/C14H18N2S/c1-3-8-15-10-12-9-11-6-4-5-7-13(11)16-14(12)17-2/h4-7,9,15H,3,8,10H2,1-2H3. The molecule has 0 amide bonds. The van der Waals surface area contributed by atoms with Gasteiger partial charge in [0.25, 0.3) is 0 Å². The van der Waals surface area contributed by atoms with Crippen molar-refractivity contribution >= 4 is 22.7 Å². The molecule has 1 aromatic heterocycles. The van der Waals surface area contributed by atoms with Gasteiger partial charge in [0.1, 0.15) is 5.03 Å². The summed E-state index contributed by atoms with van der Waals surface area (Å²) in [4.78, 5) is 4.70. The number of thioether (sulfide) groups is 1. The number of nitrogens with zero attached hydrogens (tertiary/aromatic N) is 1. The van der Waals surface area contributed by atoms with E-state index in [2.05, 4.69) is 42.8 Å². The Kier molecular flexibility index (Phi) is 4.40. The maximum atomic E-state index is 4.70. The molecular weight excluding hydrogens is 228 g/mol. The molecule has 0 aliphatic heterocycles. The molecule has 1 N–H and O–H groups in total. The van der Waals surface area contributed by atoms with Gasteiger partial charge in [-0.3, -0.25) is 0 Å². The predicted octanol–water partition coefficient (Wildman–Crippen LogP) is 3.46. The molecule has 17 heavy (non-hydrogen) atoms. The van der Waals surface area contributed by atoms with Gasteiger partial charge in [0.15, 0.2) is 0 Å². The first-order valence-electron chi connectivity index (χ1n) is 5.98. The summed E-state index contributed by atoms with van der Waals surface area (Å²) in [7, 11) is 0. The quantitative estimate of drug-likeness (QED) is 0.646. The molecule has 1 heterocycles. The van der Waals surface area contributed by atoms with Crippen LogP contribution in [0.15, 0.2) is 35.4 Å². The van der Waals surface area contributed by atoms with Crippen LogP contribution in [-0.4, -0.2) is 17.8 Å². The van der Waals surface area contributed by atoms with E-state index in [0.29, 0.717) is 0 Å². The fourth-order valence-corrected chi connectivity index (χ4v) is 2.43. The maximum Gasteiger partial charge on any atom is 0.101 e. The Balaban J connectivity index is 2.32. The molecule has 0 spiro atoms. The molecule has 0 saturated carbocycles. The molecule has 0 saturated heterocycles. The molecule has 0 fully saturated rings. The maximum absolute atomic E-state index is 4.70. The van der Waals surface area contributed by atoms with Crippen molar-refractivity contribution in [2.75, 3.05) is 12.8 Å². The number of benzene rings is 1. The van der Waals surface area contributed by atoms with Crippen LogP contribution in [0.4, 0.5) is 0 Å². The van der Waals surface area contributed by atoms with E-state index in [1.165, 1.54) is 10.9 Å². The highest BCUT2D eigenvalue weighted by Gasteiger charge is 2.05. The molecule has 2 aromatic rings. The summed E-state index contributed by atoms with van der Waals surface area (Å²) in [6.45, 7) is 4.14. The normalized spacial score (nSPS) is 10.9. The van der Waals surface area contributed by atoms with Gasteiger partial charge < -0.3 is 5.32 Å². The van der Waals surface area contributed by atoms with Crippen molar-refractivity contribution in [2.24, 2.45) is 0 Å². The van der Waals surface area contributed by atoms with Crippen LogP contribution >= 0.6 is 11.8 Å². The molecule has 2 nitrogen and oxygen atoms in total. The fourth-order valence-electron chi connectivity index (χ4n) is 1.85. The molecule has 90 valence electrons. The number of rotatable bonds is 5. The first kappa shape index (κ1) is 12.4. The van der Waals surface area contributed by atoms with Gasteiger partial charge in [-0.25, -0.2) is 4.98 Å². The lowest BCUT2D eigenvalue weighted by atomic mass is 10.1. The Hall–Kier alpha value is -1.06. The molecule has 1 aromatic carbocycles. The second-order valence-corrected chi connectivity index (χ2v) is 4.82. The zero-order valence-corrected chi connectivity index (χ0v) is 11.2. The van der Waals surface area contributed by atoms with E-state index >= 15 is 0 Å². The average Bonchev–Trinajstić information content (AvgIpc) is 2.38. The van der Waals surface area contributed by atoms with Crippen LogP contribution < -0.4 is 5.32 Å². The molecule has 0 aliphatic rings. The summed E-state index contributed by atoms with van der Waals surface area (Å²) in [5, 5.41) is 5.79. The molecule has 0 aliphatic carbocycles. The van der Waals surface area contributed by atoms with Crippen molar-refractivity contribution in [1.29, 1.82) is 0 Å². The molecular formula is C14H18N2S. The zero-order chi connectivity index (χ0) is 12.1. The van der Waals surface area contributed by atoms with E-state index in [0.717, 1.165) is 30.1 Å². The van der Waals surface area contributed by atoms with Gasteiger partial charge in [0.05, 0.1) is 5.52 Å². The van der Waals surface area contributed by atoms with Crippen molar-refractivity contribution in [3.8, 4) is 0 Å². The Bertz CT molecular complexity index is 497. The second-order valence-electron chi connectivity index (χ2n) is 4.03. The average molecular weight is 246 g/mol. The summed E-state index contributed by atoms with van der Waals surface area (Å²) in [6.07, 6.45) is 3.25. The largest absolute Gasteiger partial charge is 0.313 e. The topological polar surface area (TPSA) is 24.9 Å². The van der Waals surface area contributed by atoms with Gasteiger partial charge in [-0.05, 0) is 36.9 Å². The van der Waals surface area contributed by atoms with Gasteiger partial charge in [-0.15, -0.1) is 11.8 Å². The third-order valence-electron chi connectivity index (χ3n) is 2.70. The van der Waals surface area contributed by atoms with Crippen molar-refractivity contribution in [3.63, 3.8) is 0 Å². The van der Waals surface area contributed by atoms with E-state index in [1.807, 2.05) is 6.07 Å². The fraction of sp³-hybridized carbons (Fsp3) is 0.357. The SMILES string of the molecule is CCCNCc1cc2ccccc2nc1SC. The summed E-state index contributed by atoms with van der Waals surface area (Å²) in [5.41, 5.74) is 2.38. The highest BCUT2D eigenvalue weighted by molar-refractivity contribution is 7.98. The van der Waals surface area contributed by atoms with Crippen molar-refractivity contribution in [1.82, 2.24) is 10.3 Å². The minimum absolute atomic E-state index is 0.905. The number of nitrogens with one attached hydrogen (secondary N) is 1. The Morgan fingerprint density at radius 2 is 2.12 bits per heavy atom. The predicted molar refractivity (Wildman–Crippen MR) is 75.5 cm³/mol. The number of hydrogen-bond donors (Lipinski definition) is 1. The van der Waals surface area contributed by atoms with Crippen molar-refractivity contribution in [2.45, 2.75) is 24.9 Å². The van der Waals surface area contributed by atoms with Crippen LogP contribution in [0.2, 0.25) is 0 Å². The van der Waals surface area contributed by atoms with Gasteiger partial charge in [-0.2, -0.15) is 0 Å². The lowest BCUT2D eigenvalue weighted by Crippen LogP contribution is -2.14. The summed E-state index contributed by atoms with van der Waals surface area (Å²) < 4.78 is 0. The van der Waals surface area contributed by atoms with E-state index in [4.69, 9.17) is 4.98 Å². The van der Waals surface area contributed by atoms with Gasteiger partial charge in [-0.1, -0.05) is 25.1 Å². The Morgan fingerprint density at radius 1 is 1.29 bits per heavy atom. The van der Waals surface area contributed by atoms with E-state index < -0.39 is 0 Å². The smallest absolute Gasteiger partial charge is 0.101 e. The van der Waals surface area contributed by atoms with Crippen LogP contribution in [-0.2, 0) is 6.54 Å². The summed E-state index contributed by atoms with van der Waals surface area (Å²) in [5.74, 6) is 0. The lowest BCUT2D eigenvalue weighted by molar-refractivity contribution is 0.666. The highest BCUT2D eigenvalue weighted by atomic mass is 32.2. The second kappa shape index (κ2) is 6.03. The Labute approximate surface area is 107 Å². The zero-order valence-electron chi connectivity index (χ0n) is 10.4.